The number of hydrogen-bond acceptors (Lipinski definition) is 5. The van der Waals surface area contributed by atoms with Crippen molar-refractivity contribution in [2.45, 2.75) is 64.8 Å². The summed E-state index contributed by atoms with van der Waals surface area (Å²) in [5.74, 6) is -0.537. The molecule has 3 heterocycles. The van der Waals surface area contributed by atoms with Crippen LogP contribution in [0.1, 0.15) is 46.1 Å². The van der Waals surface area contributed by atoms with Crippen LogP contribution in [0.2, 0.25) is 0 Å². The number of hydrogen-bond donors (Lipinski definition) is 3. The molecule has 0 saturated carbocycles. The highest BCUT2D eigenvalue weighted by Crippen LogP contribution is 2.26. The molecule has 32 heavy (non-hydrogen) atoms. The molecule has 1 saturated heterocycles. The summed E-state index contributed by atoms with van der Waals surface area (Å²) in [6, 6.07) is 5.05. The van der Waals surface area contributed by atoms with Gasteiger partial charge in [-0.3, -0.25) is 14.4 Å². The van der Waals surface area contributed by atoms with Gasteiger partial charge in [-0.1, -0.05) is 46.2 Å². The monoisotopic (exact) mass is 442 g/mol. The van der Waals surface area contributed by atoms with Gasteiger partial charge in [-0.2, -0.15) is 0 Å². The summed E-state index contributed by atoms with van der Waals surface area (Å²) in [7, 11) is 0. The number of amides is 3. The summed E-state index contributed by atoms with van der Waals surface area (Å²) in [6.45, 7) is 7.99. The Labute approximate surface area is 189 Å². The highest BCUT2D eigenvalue weighted by Gasteiger charge is 2.46. The van der Waals surface area contributed by atoms with Crippen LogP contribution in [0.4, 0.5) is 0 Å². The summed E-state index contributed by atoms with van der Waals surface area (Å²) in [4.78, 5) is 41.0. The van der Waals surface area contributed by atoms with Crippen LogP contribution in [-0.4, -0.2) is 53.4 Å². The number of nitrogens with two attached hydrogens (primary N) is 1. The van der Waals surface area contributed by atoms with Crippen molar-refractivity contribution >= 4 is 23.8 Å². The van der Waals surface area contributed by atoms with E-state index in [0.717, 1.165) is 5.56 Å². The van der Waals surface area contributed by atoms with Gasteiger partial charge < -0.3 is 26.0 Å². The molecule has 0 aliphatic carbocycles. The smallest absolute Gasteiger partial charge is 0.247 e. The molecule has 3 aliphatic rings. The lowest BCUT2D eigenvalue weighted by molar-refractivity contribution is -0.143. The van der Waals surface area contributed by atoms with Gasteiger partial charge >= 0.3 is 0 Å². The number of ether oxygens (including phenoxy) is 1. The van der Waals surface area contributed by atoms with Crippen molar-refractivity contribution in [3.63, 3.8) is 0 Å². The first-order valence-corrected chi connectivity index (χ1v) is 11.3. The Bertz CT molecular complexity index is 867. The third-order valence-electron chi connectivity index (χ3n) is 6.36. The van der Waals surface area contributed by atoms with Crippen LogP contribution >= 0.6 is 0 Å². The van der Waals surface area contributed by atoms with Gasteiger partial charge in [-0.15, -0.1) is 0 Å². The second-order valence-corrected chi connectivity index (χ2v) is 8.97. The number of likely N-dealkylation sites (tertiary alicyclic amines) is 1. The van der Waals surface area contributed by atoms with E-state index in [4.69, 9.17) is 10.5 Å². The minimum absolute atomic E-state index is 0.0676. The quantitative estimate of drug-likeness (QED) is 0.656. The zero-order chi connectivity index (χ0) is 23.4. The van der Waals surface area contributed by atoms with Gasteiger partial charge in [0, 0.05) is 19.2 Å². The summed E-state index contributed by atoms with van der Waals surface area (Å²) in [6.07, 6.45) is 4.02. The van der Waals surface area contributed by atoms with Crippen LogP contribution < -0.4 is 21.1 Å². The first-order chi connectivity index (χ1) is 15.2. The summed E-state index contributed by atoms with van der Waals surface area (Å²) >= 11 is 0. The van der Waals surface area contributed by atoms with Gasteiger partial charge in [0.1, 0.15) is 23.9 Å². The van der Waals surface area contributed by atoms with E-state index in [1.165, 1.54) is 4.90 Å². The first kappa shape index (κ1) is 23.8. The standard InChI is InChI=1S/C24H34N4O4/c1-5-15(4)20-22(29)26-12-10-16-6-8-17(9-7-16)32-18-11-13-28(21(18)23(30)27-20)24(31)19(25)14(2)3/h6-10,12,14-15,18-21H,5,11,13,25H2,1-4H3,(H,26,29)(H,27,30). The minimum Gasteiger partial charge on any atom is -0.488 e. The summed E-state index contributed by atoms with van der Waals surface area (Å²) in [5.41, 5.74) is 7.03. The van der Waals surface area contributed by atoms with Crippen LogP contribution in [0.25, 0.3) is 6.08 Å². The second kappa shape index (κ2) is 10.2. The van der Waals surface area contributed by atoms with E-state index in [9.17, 15) is 14.4 Å². The predicted molar refractivity (Wildman–Crippen MR) is 122 cm³/mol. The van der Waals surface area contributed by atoms with Gasteiger partial charge in [-0.05, 0) is 35.6 Å². The predicted octanol–water partition coefficient (Wildman–Crippen LogP) is 1.65. The lowest BCUT2D eigenvalue weighted by Gasteiger charge is -2.32. The summed E-state index contributed by atoms with van der Waals surface area (Å²) in [5, 5.41) is 5.66. The number of nitrogens with one attached hydrogen (secondary N) is 2. The Kier molecular flexibility index (Phi) is 7.56. The fourth-order valence-electron chi connectivity index (χ4n) is 4.00. The fraction of sp³-hybridized carbons (Fsp3) is 0.542. The molecule has 5 atom stereocenters. The van der Waals surface area contributed by atoms with E-state index in [-0.39, 0.29) is 23.7 Å². The molecule has 3 amide bonds. The van der Waals surface area contributed by atoms with E-state index < -0.39 is 30.1 Å². The molecule has 0 aromatic heterocycles. The molecule has 1 aromatic rings. The maximum Gasteiger partial charge on any atom is 0.247 e. The van der Waals surface area contributed by atoms with Crippen molar-refractivity contribution in [3.05, 3.63) is 36.0 Å². The van der Waals surface area contributed by atoms with Gasteiger partial charge in [-0.25, -0.2) is 0 Å². The van der Waals surface area contributed by atoms with Gasteiger partial charge in [0.2, 0.25) is 17.7 Å². The number of fused-ring (bicyclic) bond motifs is 7. The SMILES string of the molecule is CCC(C)C1NC(=O)C2C(CCN2C(=O)C(N)C(C)C)Oc2ccc(cc2)C=CNC1=O. The van der Waals surface area contributed by atoms with Crippen molar-refractivity contribution in [3.8, 4) is 5.75 Å². The lowest BCUT2D eigenvalue weighted by Crippen LogP contribution is -2.59. The molecule has 1 aromatic carbocycles. The van der Waals surface area contributed by atoms with Crippen LogP contribution in [0.5, 0.6) is 5.75 Å². The van der Waals surface area contributed by atoms with E-state index in [1.807, 2.05) is 52.0 Å². The third kappa shape index (κ3) is 5.12. The van der Waals surface area contributed by atoms with Gasteiger partial charge in [0.05, 0.1) is 6.04 Å². The van der Waals surface area contributed by atoms with Crippen LogP contribution in [-0.2, 0) is 14.4 Å². The van der Waals surface area contributed by atoms with E-state index in [1.54, 1.807) is 12.3 Å². The molecule has 0 radical (unpaired) electrons. The normalized spacial score (nSPS) is 25.4. The first-order valence-electron chi connectivity index (χ1n) is 11.3. The summed E-state index contributed by atoms with van der Waals surface area (Å²) < 4.78 is 6.16. The minimum atomic E-state index is -0.871. The zero-order valence-electron chi connectivity index (χ0n) is 19.2. The Morgan fingerprint density at radius 2 is 1.88 bits per heavy atom. The number of carbonyl (C=O) groups is 3. The molecule has 5 unspecified atom stereocenters. The van der Waals surface area contributed by atoms with Crippen LogP contribution in [0.3, 0.4) is 0 Å². The van der Waals surface area contributed by atoms with Crippen LogP contribution in [0.15, 0.2) is 30.5 Å². The van der Waals surface area contributed by atoms with Crippen molar-refractivity contribution in [2.75, 3.05) is 6.54 Å². The van der Waals surface area contributed by atoms with Crippen molar-refractivity contribution in [2.24, 2.45) is 17.6 Å². The molecule has 4 rings (SSSR count). The largest absolute Gasteiger partial charge is 0.488 e. The third-order valence-corrected chi connectivity index (χ3v) is 6.36. The average Bonchev–Trinajstić information content (AvgIpc) is 3.19. The molecule has 3 aliphatic heterocycles. The van der Waals surface area contributed by atoms with Crippen molar-refractivity contribution in [1.29, 1.82) is 0 Å². The molecule has 4 N–H and O–H groups in total. The van der Waals surface area contributed by atoms with Crippen molar-refractivity contribution < 1.29 is 19.1 Å². The Morgan fingerprint density at radius 1 is 1.19 bits per heavy atom. The molecule has 2 bridgehead atoms. The highest BCUT2D eigenvalue weighted by molar-refractivity contribution is 5.94. The maximum atomic E-state index is 13.5. The highest BCUT2D eigenvalue weighted by atomic mass is 16.5. The van der Waals surface area contributed by atoms with E-state index >= 15 is 0 Å². The number of nitrogens with zero attached hydrogens (tertiary/aromatic N) is 1. The van der Waals surface area contributed by atoms with E-state index in [0.29, 0.717) is 25.1 Å². The van der Waals surface area contributed by atoms with Gasteiger partial charge in [0.25, 0.3) is 0 Å². The Morgan fingerprint density at radius 3 is 2.50 bits per heavy atom. The number of rotatable bonds is 4. The number of carbonyl (C=O) groups excluding carboxylic acids is 3. The molecule has 8 heteroatoms. The average molecular weight is 443 g/mol. The Balaban J connectivity index is 1.98. The molecule has 174 valence electrons. The molecule has 8 nitrogen and oxygen atoms in total. The van der Waals surface area contributed by atoms with E-state index in [2.05, 4.69) is 10.6 Å². The molecular formula is C24H34N4O4. The lowest BCUT2D eigenvalue weighted by atomic mass is 9.97. The zero-order valence-corrected chi connectivity index (χ0v) is 19.2. The van der Waals surface area contributed by atoms with Crippen molar-refractivity contribution in [1.82, 2.24) is 15.5 Å². The molecular weight excluding hydrogens is 408 g/mol. The van der Waals surface area contributed by atoms with Crippen LogP contribution in [0, 0.1) is 11.8 Å². The number of benzene rings is 1. The second-order valence-electron chi connectivity index (χ2n) is 8.97. The van der Waals surface area contributed by atoms with Gasteiger partial charge in [0.15, 0.2) is 0 Å². The fourth-order valence-corrected chi connectivity index (χ4v) is 4.00. The Hall–Kier alpha value is -2.87. The molecule has 1 fully saturated rings. The maximum absolute atomic E-state index is 13.5. The topological polar surface area (TPSA) is 114 Å². The molecule has 0 spiro atoms.